The molecule has 0 bridgehead atoms. The zero-order valence-electron chi connectivity index (χ0n) is 6.71. The molecule has 0 fully saturated rings. The van der Waals surface area contributed by atoms with Crippen LogP contribution in [0, 0.1) is 11.3 Å². The Hall–Kier alpha value is -0.170. The van der Waals surface area contributed by atoms with E-state index in [1.54, 1.807) is 11.8 Å². The molecule has 68 valence electrons. The van der Waals surface area contributed by atoms with Gasteiger partial charge in [-0.1, -0.05) is 22.0 Å². The monoisotopic (exact) mass is 275 g/mol. The second-order valence-corrected chi connectivity index (χ2v) is 4.90. The fourth-order valence-corrected chi connectivity index (χ4v) is 2.30. The number of thioether (sulfide) groups is 1. The lowest BCUT2D eigenvalue weighted by Crippen LogP contribution is -1.96. The summed E-state index contributed by atoms with van der Waals surface area (Å²) in [5, 5.41) is 8.05. The molecule has 13 heavy (non-hydrogen) atoms. The van der Waals surface area contributed by atoms with Crippen molar-refractivity contribution in [1.82, 2.24) is 0 Å². The molecule has 0 aromatic heterocycles. The molecule has 0 aliphatic heterocycles. The lowest BCUT2D eigenvalue weighted by molar-refractivity contribution is 1.24. The first-order valence-electron chi connectivity index (χ1n) is 3.64. The van der Waals surface area contributed by atoms with Crippen molar-refractivity contribution in [2.24, 2.45) is 0 Å². The number of alkyl halides is 1. The molecule has 0 saturated carbocycles. The molecule has 0 aliphatic rings. The number of halogens is 2. The Kier molecular flexibility index (Phi) is 4.65. The van der Waals surface area contributed by atoms with Gasteiger partial charge >= 0.3 is 0 Å². The van der Waals surface area contributed by atoms with E-state index < -0.39 is 5.38 Å². The van der Waals surface area contributed by atoms with E-state index in [1.165, 1.54) is 0 Å². The predicted molar refractivity (Wildman–Crippen MR) is 60.1 cm³/mol. The highest BCUT2D eigenvalue weighted by Gasteiger charge is 2.02. The Labute approximate surface area is 95.2 Å². The van der Waals surface area contributed by atoms with Crippen molar-refractivity contribution in [3.63, 3.8) is 0 Å². The average Bonchev–Trinajstić information content (AvgIpc) is 2.14. The Morgan fingerprint density at radius 3 is 3.00 bits per heavy atom. The van der Waals surface area contributed by atoms with E-state index in [9.17, 15) is 0 Å². The smallest absolute Gasteiger partial charge is 0.129 e. The van der Waals surface area contributed by atoms with Crippen LogP contribution in [0.4, 0.5) is 0 Å². The number of hydrogen-bond donors (Lipinski definition) is 0. The van der Waals surface area contributed by atoms with Crippen molar-refractivity contribution in [3.8, 4) is 6.07 Å². The summed E-state index contributed by atoms with van der Waals surface area (Å²) in [5.41, 5.74) is 0. The van der Waals surface area contributed by atoms with Gasteiger partial charge in [0.25, 0.3) is 0 Å². The molecular weight excluding hydrogens is 270 g/mol. The molecule has 0 spiro atoms. The van der Waals surface area contributed by atoms with Crippen LogP contribution in [0.5, 0.6) is 0 Å². The standard InChI is InChI=1S/C9H7BrClNS/c10-7-2-1-3-9(4-7)13-6-8(11)5-12/h1-4,8H,6H2. The highest BCUT2D eigenvalue weighted by atomic mass is 79.9. The minimum atomic E-state index is -0.413. The number of nitrogens with zero attached hydrogens (tertiary/aromatic N) is 1. The van der Waals surface area contributed by atoms with Crippen LogP contribution in [0.1, 0.15) is 0 Å². The first-order chi connectivity index (χ1) is 6.22. The van der Waals surface area contributed by atoms with Crippen molar-refractivity contribution in [2.45, 2.75) is 10.3 Å². The molecule has 1 aromatic carbocycles. The van der Waals surface area contributed by atoms with E-state index in [-0.39, 0.29) is 0 Å². The van der Waals surface area contributed by atoms with Crippen molar-refractivity contribution >= 4 is 39.3 Å². The van der Waals surface area contributed by atoms with Gasteiger partial charge in [0.05, 0.1) is 6.07 Å². The molecule has 1 atom stereocenters. The normalized spacial score (nSPS) is 12.1. The van der Waals surface area contributed by atoms with Crippen LogP contribution in [-0.4, -0.2) is 11.1 Å². The summed E-state index contributed by atoms with van der Waals surface area (Å²) < 4.78 is 1.04. The summed E-state index contributed by atoms with van der Waals surface area (Å²) in [4.78, 5) is 1.12. The molecule has 0 saturated heterocycles. The van der Waals surface area contributed by atoms with E-state index >= 15 is 0 Å². The van der Waals surface area contributed by atoms with Crippen molar-refractivity contribution < 1.29 is 0 Å². The Morgan fingerprint density at radius 1 is 1.62 bits per heavy atom. The molecule has 1 aromatic rings. The summed E-state index contributed by atoms with van der Waals surface area (Å²) in [6.07, 6.45) is 0. The van der Waals surface area contributed by atoms with Gasteiger partial charge in [-0.15, -0.1) is 23.4 Å². The third-order valence-corrected chi connectivity index (χ3v) is 3.35. The number of hydrogen-bond acceptors (Lipinski definition) is 2. The highest BCUT2D eigenvalue weighted by molar-refractivity contribution is 9.10. The van der Waals surface area contributed by atoms with Gasteiger partial charge in [0, 0.05) is 15.1 Å². The highest BCUT2D eigenvalue weighted by Crippen LogP contribution is 2.23. The quantitative estimate of drug-likeness (QED) is 0.621. The minimum Gasteiger partial charge on any atom is -0.197 e. The molecule has 0 heterocycles. The van der Waals surface area contributed by atoms with Crippen LogP contribution in [0.3, 0.4) is 0 Å². The van der Waals surface area contributed by atoms with Crippen LogP contribution in [0.2, 0.25) is 0 Å². The van der Waals surface area contributed by atoms with Gasteiger partial charge in [0.2, 0.25) is 0 Å². The molecule has 0 aliphatic carbocycles. The van der Waals surface area contributed by atoms with Crippen molar-refractivity contribution in [3.05, 3.63) is 28.7 Å². The third-order valence-electron chi connectivity index (χ3n) is 1.33. The van der Waals surface area contributed by atoms with E-state index in [2.05, 4.69) is 15.9 Å². The summed E-state index contributed by atoms with van der Waals surface area (Å²) in [7, 11) is 0. The first kappa shape index (κ1) is 10.9. The minimum absolute atomic E-state index is 0.413. The van der Waals surface area contributed by atoms with Crippen LogP contribution < -0.4 is 0 Å². The van der Waals surface area contributed by atoms with Crippen molar-refractivity contribution in [1.29, 1.82) is 5.26 Å². The maximum Gasteiger partial charge on any atom is 0.129 e. The van der Waals surface area contributed by atoms with Gasteiger partial charge in [-0.2, -0.15) is 5.26 Å². The lowest BCUT2D eigenvalue weighted by Gasteiger charge is -2.01. The Morgan fingerprint density at radius 2 is 2.38 bits per heavy atom. The van der Waals surface area contributed by atoms with E-state index in [0.717, 1.165) is 9.37 Å². The fraction of sp³-hybridized carbons (Fsp3) is 0.222. The summed E-state index contributed by atoms with van der Waals surface area (Å²) in [5.74, 6) is 0.620. The van der Waals surface area contributed by atoms with E-state index in [1.807, 2.05) is 30.3 Å². The van der Waals surface area contributed by atoms with E-state index in [4.69, 9.17) is 16.9 Å². The molecule has 1 rings (SSSR count). The van der Waals surface area contributed by atoms with Gasteiger partial charge in [-0.25, -0.2) is 0 Å². The second-order valence-electron chi connectivity index (χ2n) is 2.37. The summed E-state index contributed by atoms with van der Waals surface area (Å²) >= 11 is 10.6. The fourth-order valence-electron chi connectivity index (χ4n) is 0.763. The maximum absolute atomic E-state index is 8.46. The first-order valence-corrected chi connectivity index (χ1v) is 5.86. The zero-order valence-corrected chi connectivity index (χ0v) is 9.86. The summed E-state index contributed by atoms with van der Waals surface area (Å²) in [6, 6.07) is 9.91. The Bertz CT molecular complexity index is 324. The lowest BCUT2D eigenvalue weighted by atomic mass is 10.4. The van der Waals surface area contributed by atoms with Gasteiger partial charge in [-0.3, -0.25) is 0 Å². The van der Waals surface area contributed by atoms with Crippen LogP contribution >= 0.6 is 39.3 Å². The molecule has 1 unspecified atom stereocenters. The van der Waals surface area contributed by atoms with Gasteiger partial charge in [0.15, 0.2) is 0 Å². The number of benzene rings is 1. The summed E-state index contributed by atoms with van der Waals surface area (Å²) in [6.45, 7) is 0. The second kappa shape index (κ2) is 5.54. The van der Waals surface area contributed by atoms with Crippen molar-refractivity contribution in [2.75, 3.05) is 5.75 Å². The topological polar surface area (TPSA) is 23.8 Å². The van der Waals surface area contributed by atoms with E-state index in [0.29, 0.717) is 5.75 Å². The molecule has 0 radical (unpaired) electrons. The van der Waals surface area contributed by atoms with Crippen LogP contribution in [0.15, 0.2) is 33.6 Å². The number of rotatable bonds is 3. The third kappa shape index (κ3) is 4.04. The molecular formula is C9H7BrClNS. The molecule has 4 heteroatoms. The predicted octanol–water partition coefficient (Wildman–Crippen LogP) is 3.67. The maximum atomic E-state index is 8.46. The number of nitriles is 1. The van der Waals surface area contributed by atoms with Gasteiger partial charge in [0.1, 0.15) is 5.38 Å². The van der Waals surface area contributed by atoms with Crippen LogP contribution in [0.25, 0.3) is 0 Å². The van der Waals surface area contributed by atoms with Gasteiger partial charge < -0.3 is 0 Å². The van der Waals surface area contributed by atoms with Gasteiger partial charge in [-0.05, 0) is 18.2 Å². The molecule has 0 N–H and O–H groups in total. The average molecular weight is 277 g/mol. The molecule has 1 nitrogen and oxygen atoms in total. The molecule has 0 amide bonds. The largest absolute Gasteiger partial charge is 0.197 e. The Balaban J connectivity index is 2.51. The zero-order chi connectivity index (χ0) is 9.68. The van der Waals surface area contributed by atoms with Crippen LogP contribution in [-0.2, 0) is 0 Å². The SMILES string of the molecule is N#CC(Cl)CSc1cccc(Br)c1.